The number of rotatable bonds is 8. The third-order valence-electron chi connectivity index (χ3n) is 5.19. The number of nitrogens with two attached hydrogens (primary N) is 1. The summed E-state index contributed by atoms with van der Waals surface area (Å²) < 4.78 is 10.8. The van der Waals surface area contributed by atoms with Crippen LogP contribution in [0.25, 0.3) is 6.08 Å². The van der Waals surface area contributed by atoms with E-state index in [4.69, 9.17) is 20.2 Å². The third kappa shape index (κ3) is 6.10. The van der Waals surface area contributed by atoms with Gasteiger partial charge in [-0.05, 0) is 60.2 Å². The molecule has 178 valence electrons. The standard InChI is InChI=1S/C27H25N3O4S/c1-18-8-11-21(12-9-18)29-27-30(16-19-6-4-3-5-7-19)26(32)24(35-27)15-20-10-13-22(23(14-20)33-2)34-17-25(28)31/h3-15H,16-17H2,1-2H3,(H2,28,31)/b24-15+,29-27?. The number of ether oxygens (including phenoxy) is 2. The summed E-state index contributed by atoms with van der Waals surface area (Å²) in [6.45, 7) is 2.18. The Hall–Kier alpha value is -4.04. The van der Waals surface area contributed by atoms with Crippen molar-refractivity contribution in [1.29, 1.82) is 0 Å². The Labute approximate surface area is 208 Å². The molecule has 0 atom stereocenters. The first-order valence-electron chi connectivity index (χ1n) is 10.9. The molecule has 0 spiro atoms. The first kappa shape index (κ1) is 24.1. The summed E-state index contributed by atoms with van der Waals surface area (Å²) in [4.78, 5) is 31.4. The van der Waals surface area contributed by atoms with Gasteiger partial charge in [-0.25, -0.2) is 4.99 Å². The van der Waals surface area contributed by atoms with E-state index in [2.05, 4.69) is 0 Å². The van der Waals surface area contributed by atoms with E-state index in [0.29, 0.717) is 28.1 Å². The number of carbonyl (C=O) groups is 2. The van der Waals surface area contributed by atoms with Crippen LogP contribution in [-0.4, -0.2) is 35.6 Å². The maximum Gasteiger partial charge on any atom is 0.267 e. The quantitative estimate of drug-likeness (QED) is 0.466. The van der Waals surface area contributed by atoms with Gasteiger partial charge in [0.2, 0.25) is 0 Å². The monoisotopic (exact) mass is 487 g/mol. The largest absolute Gasteiger partial charge is 0.493 e. The molecule has 7 nitrogen and oxygen atoms in total. The van der Waals surface area contributed by atoms with Crippen molar-refractivity contribution in [3.8, 4) is 11.5 Å². The number of amides is 2. The first-order valence-corrected chi connectivity index (χ1v) is 11.7. The lowest BCUT2D eigenvalue weighted by Crippen LogP contribution is -2.28. The van der Waals surface area contributed by atoms with Crippen LogP contribution in [0.1, 0.15) is 16.7 Å². The minimum Gasteiger partial charge on any atom is -0.493 e. The number of carbonyl (C=O) groups excluding carboxylic acids is 2. The van der Waals surface area contributed by atoms with Crippen molar-refractivity contribution in [3.63, 3.8) is 0 Å². The average Bonchev–Trinajstić information content (AvgIpc) is 3.13. The summed E-state index contributed by atoms with van der Waals surface area (Å²) in [6.07, 6.45) is 1.79. The number of primary amides is 1. The molecule has 35 heavy (non-hydrogen) atoms. The molecular formula is C27H25N3O4S. The van der Waals surface area contributed by atoms with E-state index in [0.717, 1.165) is 22.4 Å². The van der Waals surface area contributed by atoms with Gasteiger partial charge in [0.1, 0.15) is 0 Å². The van der Waals surface area contributed by atoms with Crippen molar-refractivity contribution >= 4 is 40.5 Å². The van der Waals surface area contributed by atoms with Crippen molar-refractivity contribution in [2.75, 3.05) is 13.7 Å². The summed E-state index contributed by atoms with van der Waals surface area (Å²) in [7, 11) is 1.51. The normalized spacial score (nSPS) is 15.6. The van der Waals surface area contributed by atoms with Crippen LogP contribution < -0.4 is 15.2 Å². The zero-order chi connectivity index (χ0) is 24.8. The molecule has 0 bridgehead atoms. The summed E-state index contributed by atoms with van der Waals surface area (Å²) in [5.74, 6) is 0.125. The number of hydrogen-bond acceptors (Lipinski definition) is 6. The summed E-state index contributed by atoms with van der Waals surface area (Å²) in [6, 6.07) is 22.9. The van der Waals surface area contributed by atoms with Gasteiger partial charge < -0.3 is 15.2 Å². The fraction of sp³-hybridized carbons (Fsp3) is 0.148. The zero-order valence-electron chi connectivity index (χ0n) is 19.4. The van der Waals surface area contributed by atoms with Crippen molar-refractivity contribution < 1.29 is 19.1 Å². The lowest BCUT2D eigenvalue weighted by molar-refractivity contribution is -0.122. The summed E-state index contributed by atoms with van der Waals surface area (Å²) in [5.41, 5.74) is 8.84. The topological polar surface area (TPSA) is 94.2 Å². The fourth-order valence-electron chi connectivity index (χ4n) is 3.42. The molecule has 1 heterocycles. The van der Waals surface area contributed by atoms with Gasteiger partial charge in [0.05, 0.1) is 24.2 Å². The van der Waals surface area contributed by atoms with Crippen molar-refractivity contribution in [2.24, 2.45) is 10.7 Å². The van der Waals surface area contributed by atoms with E-state index < -0.39 is 5.91 Å². The molecular weight excluding hydrogens is 462 g/mol. The molecule has 1 saturated heterocycles. The molecule has 2 amide bonds. The van der Waals surface area contributed by atoms with E-state index in [1.165, 1.54) is 18.9 Å². The van der Waals surface area contributed by atoms with Crippen LogP contribution in [-0.2, 0) is 16.1 Å². The Kier molecular flexibility index (Phi) is 7.52. The number of hydrogen-bond donors (Lipinski definition) is 1. The molecule has 2 N–H and O–H groups in total. The predicted octanol–water partition coefficient (Wildman–Crippen LogP) is 4.67. The molecule has 1 aliphatic rings. The third-order valence-corrected chi connectivity index (χ3v) is 6.19. The second kappa shape index (κ2) is 10.9. The molecule has 8 heteroatoms. The Morgan fingerprint density at radius 3 is 2.49 bits per heavy atom. The van der Waals surface area contributed by atoms with Crippen molar-refractivity contribution in [3.05, 3.63) is 94.4 Å². The van der Waals surface area contributed by atoms with E-state index >= 15 is 0 Å². The van der Waals surface area contributed by atoms with Crippen molar-refractivity contribution in [1.82, 2.24) is 4.90 Å². The number of thioether (sulfide) groups is 1. The van der Waals surface area contributed by atoms with Crippen LogP contribution >= 0.6 is 11.8 Å². The Balaban J connectivity index is 1.65. The second-order valence-electron chi connectivity index (χ2n) is 7.88. The fourth-order valence-corrected chi connectivity index (χ4v) is 4.42. The second-order valence-corrected chi connectivity index (χ2v) is 8.89. The van der Waals surface area contributed by atoms with Crippen molar-refractivity contribution in [2.45, 2.75) is 13.5 Å². The van der Waals surface area contributed by atoms with Crippen LogP contribution in [0.4, 0.5) is 5.69 Å². The van der Waals surface area contributed by atoms with Crippen LogP contribution in [0.15, 0.2) is 82.7 Å². The van der Waals surface area contributed by atoms with E-state index in [1.54, 1.807) is 29.2 Å². The maximum absolute atomic E-state index is 13.4. The molecule has 3 aromatic rings. The maximum atomic E-state index is 13.4. The molecule has 0 unspecified atom stereocenters. The number of nitrogens with zero attached hydrogens (tertiary/aromatic N) is 2. The van der Waals surface area contributed by atoms with Crippen LogP contribution in [0.5, 0.6) is 11.5 Å². The lowest BCUT2D eigenvalue weighted by atomic mass is 10.1. The molecule has 0 aromatic heterocycles. The molecule has 0 saturated carbocycles. The molecule has 1 fully saturated rings. The van der Waals surface area contributed by atoms with Gasteiger partial charge in [0.15, 0.2) is 23.3 Å². The van der Waals surface area contributed by atoms with Gasteiger partial charge in [0, 0.05) is 0 Å². The minimum absolute atomic E-state index is 0.127. The van der Waals surface area contributed by atoms with E-state index in [9.17, 15) is 9.59 Å². The zero-order valence-corrected chi connectivity index (χ0v) is 20.2. The number of aliphatic imine (C=N–C) groups is 1. The molecule has 1 aliphatic heterocycles. The number of methoxy groups -OCH3 is 1. The molecule has 4 rings (SSSR count). The highest BCUT2D eigenvalue weighted by Gasteiger charge is 2.33. The number of amidine groups is 1. The molecule has 0 radical (unpaired) electrons. The molecule has 3 aromatic carbocycles. The number of aryl methyl sites for hydroxylation is 1. The van der Waals surface area contributed by atoms with Gasteiger partial charge in [-0.15, -0.1) is 0 Å². The average molecular weight is 488 g/mol. The van der Waals surface area contributed by atoms with E-state index in [1.807, 2.05) is 61.5 Å². The van der Waals surface area contributed by atoms with Gasteiger partial charge in [-0.3, -0.25) is 14.5 Å². The van der Waals surface area contributed by atoms with Crippen LogP contribution in [0.2, 0.25) is 0 Å². The Morgan fingerprint density at radius 1 is 1.06 bits per heavy atom. The van der Waals surface area contributed by atoms with E-state index in [-0.39, 0.29) is 12.5 Å². The highest BCUT2D eigenvalue weighted by Crippen LogP contribution is 2.36. The lowest BCUT2D eigenvalue weighted by Gasteiger charge is -2.15. The minimum atomic E-state index is -0.579. The summed E-state index contributed by atoms with van der Waals surface area (Å²) >= 11 is 1.33. The highest BCUT2D eigenvalue weighted by atomic mass is 32.2. The van der Waals surface area contributed by atoms with Gasteiger partial charge in [-0.2, -0.15) is 0 Å². The summed E-state index contributed by atoms with van der Waals surface area (Å²) in [5, 5.41) is 0.613. The predicted molar refractivity (Wildman–Crippen MR) is 139 cm³/mol. The first-order chi connectivity index (χ1) is 16.9. The Bertz CT molecular complexity index is 1290. The van der Waals surface area contributed by atoms with Crippen LogP contribution in [0.3, 0.4) is 0 Å². The molecule has 0 aliphatic carbocycles. The van der Waals surface area contributed by atoms with Crippen LogP contribution in [0, 0.1) is 6.92 Å². The van der Waals surface area contributed by atoms with Gasteiger partial charge >= 0.3 is 0 Å². The SMILES string of the molecule is COc1cc(/C=C2/SC(=Nc3ccc(C)cc3)N(Cc3ccccc3)C2=O)ccc1OCC(N)=O. The van der Waals surface area contributed by atoms with Gasteiger partial charge in [0.25, 0.3) is 11.8 Å². The Morgan fingerprint density at radius 2 is 1.80 bits per heavy atom. The van der Waals surface area contributed by atoms with Gasteiger partial charge in [-0.1, -0.05) is 54.1 Å². The number of benzene rings is 3. The highest BCUT2D eigenvalue weighted by molar-refractivity contribution is 8.18. The smallest absolute Gasteiger partial charge is 0.267 e.